The molecule has 0 rings (SSSR count). The fourth-order valence-electron chi connectivity index (χ4n) is 5.05. The van der Waals surface area contributed by atoms with Crippen molar-refractivity contribution in [3.63, 3.8) is 0 Å². The molecule has 0 aromatic carbocycles. The molecule has 0 saturated heterocycles. The van der Waals surface area contributed by atoms with Crippen LogP contribution in [0.25, 0.3) is 0 Å². The molecule has 0 aliphatic rings. The summed E-state index contributed by atoms with van der Waals surface area (Å²) in [6.45, 7) is 2.27. The lowest BCUT2D eigenvalue weighted by atomic mass is 10.0. The number of phosphoric ester groups is 1. The van der Waals surface area contributed by atoms with Crippen molar-refractivity contribution in [2.75, 3.05) is 26.4 Å². The molecule has 10 nitrogen and oxygen atoms in total. The summed E-state index contributed by atoms with van der Waals surface area (Å²) < 4.78 is 32.5. The first kappa shape index (κ1) is 45.7. The van der Waals surface area contributed by atoms with Crippen molar-refractivity contribution >= 4 is 19.8 Å². The summed E-state index contributed by atoms with van der Waals surface area (Å²) in [6.07, 6.45) is 27.6. The number of hydrogen-bond acceptors (Lipinski definition) is 9. The molecule has 3 N–H and O–H groups in total. The zero-order valence-corrected chi connectivity index (χ0v) is 30.6. The minimum Gasteiger partial charge on any atom is -0.462 e. The highest BCUT2D eigenvalue weighted by Gasteiger charge is 2.27. The molecule has 0 fully saturated rings. The molecule has 47 heavy (non-hydrogen) atoms. The van der Waals surface area contributed by atoms with Crippen LogP contribution in [-0.2, 0) is 32.7 Å². The number of allylic oxidation sites excluding steroid dienone is 2. The Hall–Kier alpha value is -1.29. The average molecular weight is 693 g/mol. The van der Waals surface area contributed by atoms with Gasteiger partial charge in [-0.15, -0.1) is 0 Å². The number of esters is 2. The first-order valence-corrected chi connectivity index (χ1v) is 20.1. The van der Waals surface area contributed by atoms with Crippen LogP contribution in [0.4, 0.5) is 0 Å². The molecule has 0 aromatic rings. The Labute approximate surface area is 286 Å². The number of rotatable bonds is 35. The maximum Gasteiger partial charge on any atom is 0.472 e. The summed E-state index contributed by atoms with van der Waals surface area (Å²) in [5, 5.41) is 18.2. The number of aliphatic hydroxyl groups excluding tert-OH is 2. The van der Waals surface area contributed by atoms with E-state index in [1.165, 1.54) is 77.0 Å². The molecular weight excluding hydrogens is 623 g/mol. The predicted octanol–water partition coefficient (Wildman–Crippen LogP) is 8.89. The summed E-state index contributed by atoms with van der Waals surface area (Å²) in [5.41, 5.74) is 0. The monoisotopic (exact) mass is 692 g/mol. The topological polar surface area (TPSA) is 149 Å². The molecule has 0 saturated carbocycles. The Morgan fingerprint density at radius 1 is 0.638 bits per heavy atom. The largest absolute Gasteiger partial charge is 0.472 e. The zero-order valence-electron chi connectivity index (χ0n) is 29.8. The van der Waals surface area contributed by atoms with E-state index < -0.39 is 51.8 Å². The van der Waals surface area contributed by atoms with E-state index in [1.807, 2.05) is 0 Å². The van der Waals surface area contributed by atoms with Crippen LogP contribution in [0.2, 0.25) is 0 Å². The number of carbonyl (C=O) groups excluding carboxylic acids is 2. The predicted molar refractivity (Wildman–Crippen MR) is 187 cm³/mol. The fourth-order valence-corrected chi connectivity index (χ4v) is 5.84. The molecule has 278 valence electrons. The van der Waals surface area contributed by atoms with Crippen molar-refractivity contribution in [1.82, 2.24) is 0 Å². The third kappa shape index (κ3) is 33.0. The number of carbonyl (C=O) groups is 2. The van der Waals surface area contributed by atoms with Gasteiger partial charge in [-0.3, -0.25) is 18.6 Å². The second kappa shape index (κ2) is 33.2. The minimum absolute atomic E-state index is 0.182. The van der Waals surface area contributed by atoms with Gasteiger partial charge in [-0.05, 0) is 32.1 Å². The molecule has 0 aliphatic carbocycles. The lowest BCUT2D eigenvalue weighted by Crippen LogP contribution is -2.29. The van der Waals surface area contributed by atoms with E-state index >= 15 is 0 Å². The molecule has 0 amide bonds. The first-order valence-electron chi connectivity index (χ1n) is 18.6. The zero-order chi connectivity index (χ0) is 34.9. The number of unbranched alkanes of at least 4 members (excludes halogenated alkanes) is 19. The van der Waals surface area contributed by atoms with Gasteiger partial charge in [0.15, 0.2) is 6.10 Å². The Morgan fingerprint density at radius 3 is 1.62 bits per heavy atom. The lowest BCUT2D eigenvalue weighted by Gasteiger charge is -2.20. The van der Waals surface area contributed by atoms with Crippen molar-refractivity contribution < 1.29 is 47.8 Å². The molecule has 3 atom stereocenters. The van der Waals surface area contributed by atoms with Crippen molar-refractivity contribution in [1.29, 1.82) is 0 Å². The van der Waals surface area contributed by atoms with E-state index in [9.17, 15) is 24.2 Å². The molecule has 0 heterocycles. The van der Waals surface area contributed by atoms with Gasteiger partial charge >= 0.3 is 19.8 Å². The average Bonchev–Trinajstić information content (AvgIpc) is 3.05. The van der Waals surface area contributed by atoms with Gasteiger partial charge in [0.2, 0.25) is 0 Å². The van der Waals surface area contributed by atoms with E-state index in [1.54, 1.807) is 0 Å². The highest BCUT2D eigenvalue weighted by molar-refractivity contribution is 7.47. The SMILES string of the molecule is CC/C=C/CCCCCCCCCC(=O)O[C@H](COC(=O)CCCCCCCCCCCCCCC)COP(=O)(O)OC[C@@H](O)CO. The van der Waals surface area contributed by atoms with Crippen molar-refractivity contribution in [3.05, 3.63) is 12.2 Å². The Bertz CT molecular complexity index is 807. The van der Waals surface area contributed by atoms with Gasteiger partial charge < -0.3 is 24.6 Å². The number of phosphoric acid groups is 1. The summed E-state index contributed by atoms with van der Waals surface area (Å²) in [7, 11) is -4.60. The van der Waals surface area contributed by atoms with E-state index in [0.717, 1.165) is 51.4 Å². The van der Waals surface area contributed by atoms with Gasteiger partial charge in [0, 0.05) is 12.8 Å². The van der Waals surface area contributed by atoms with Gasteiger partial charge in [-0.1, -0.05) is 135 Å². The van der Waals surface area contributed by atoms with Crippen molar-refractivity contribution in [2.45, 2.75) is 180 Å². The van der Waals surface area contributed by atoms with E-state index in [2.05, 4.69) is 30.5 Å². The fraction of sp³-hybridized carbons (Fsp3) is 0.889. The van der Waals surface area contributed by atoms with Crippen LogP contribution in [-0.4, -0.2) is 65.7 Å². The van der Waals surface area contributed by atoms with Crippen molar-refractivity contribution in [2.24, 2.45) is 0 Å². The third-order valence-corrected chi connectivity index (χ3v) is 8.88. The molecule has 0 aromatic heterocycles. The second-order valence-corrected chi connectivity index (χ2v) is 14.0. The van der Waals surface area contributed by atoms with Crippen LogP contribution >= 0.6 is 7.82 Å². The van der Waals surface area contributed by atoms with E-state index in [0.29, 0.717) is 12.8 Å². The van der Waals surface area contributed by atoms with Gasteiger partial charge in [-0.25, -0.2) is 4.57 Å². The van der Waals surface area contributed by atoms with Crippen LogP contribution in [0.15, 0.2) is 12.2 Å². The minimum atomic E-state index is -4.60. The van der Waals surface area contributed by atoms with E-state index in [-0.39, 0.29) is 19.4 Å². The number of aliphatic hydroxyl groups is 2. The second-order valence-electron chi connectivity index (χ2n) is 12.6. The quantitative estimate of drug-likeness (QED) is 0.0254. The van der Waals surface area contributed by atoms with Crippen LogP contribution < -0.4 is 0 Å². The molecule has 0 radical (unpaired) electrons. The maximum atomic E-state index is 12.5. The van der Waals surface area contributed by atoms with Crippen LogP contribution in [0, 0.1) is 0 Å². The van der Waals surface area contributed by atoms with Crippen molar-refractivity contribution in [3.8, 4) is 0 Å². The van der Waals surface area contributed by atoms with Crippen LogP contribution in [0.3, 0.4) is 0 Å². The molecule has 1 unspecified atom stereocenters. The molecule has 0 spiro atoms. The maximum absolute atomic E-state index is 12.5. The van der Waals surface area contributed by atoms with Gasteiger partial charge in [0.1, 0.15) is 12.7 Å². The summed E-state index contributed by atoms with van der Waals surface area (Å²) in [4.78, 5) is 34.7. The van der Waals surface area contributed by atoms with E-state index in [4.69, 9.17) is 19.1 Å². The molecule has 0 bridgehead atoms. The normalized spacial score (nSPS) is 14.2. The first-order chi connectivity index (χ1) is 22.7. The third-order valence-electron chi connectivity index (χ3n) is 7.93. The Kier molecular flexibility index (Phi) is 32.3. The molecule has 11 heteroatoms. The number of ether oxygens (including phenoxy) is 2. The highest BCUT2D eigenvalue weighted by atomic mass is 31.2. The Balaban J connectivity index is 4.36. The van der Waals surface area contributed by atoms with Crippen LogP contribution in [0.5, 0.6) is 0 Å². The standard InChI is InChI=1S/C36H69O10P/c1-3-5-7-9-11-13-15-16-18-19-21-23-25-27-35(39)43-31-34(32-45-47(41,42)44-30-33(38)29-37)46-36(40)28-26-24-22-20-17-14-12-10-8-6-4-2/h6,8,33-34,37-38H,3-5,7,9-32H2,1-2H3,(H,41,42)/b8-6+/t33-,34+/m0/s1. The smallest absolute Gasteiger partial charge is 0.462 e. The molecule has 0 aliphatic heterocycles. The van der Waals surface area contributed by atoms with Gasteiger partial charge in [0.25, 0.3) is 0 Å². The molecular formula is C36H69O10P. The van der Waals surface area contributed by atoms with Crippen LogP contribution in [0.1, 0.15) is 168 Å². The van der Waals surface area contributed by atoms with Gasteiger partial charge in [0.05, 0.1) is 19.8 Å². The summed E-state index contributed by atoms with van der Waals surface area (Å²) in [5.74, 6) is -0.928. The van der Waals surface area contributed by atoms with Gasteiger partial charge in [-0.2, -0.15) is 0 Å². The Morgan fingerprint density at radius 2 is 1.11 bits per heavy atom. The highest BCUT2D eigenvalue weighted by Crippen LogP contribution is 2.43. The lowest BCUT2D eigenvalue weighted by molar-refractivity contribution is -0.161. The number of hydrogen-bond donors (Lipinski definition) is 3. The summed E-state index contributed by atoms with van der Waals surface area (Å²) >= 11 is 0. The summed E-state index contributed by atoms with van der Waals surface area (Å²) in [6, 6.07) is 0.